The van der Waals surface area contributed by atoms with Crippen molar-refractivity contribution in [3.05, 3.63) is 33.4 Å². The number of rotatable bonds is 4. The molecule has 0 saturated carbocycles. The highest BCUT2D eigenvalue weighted by Gasteiger charge is 2.22. The van der Waals surface area contributed by atoms with Gasteiger partial charge in [0.05, 0.1) is 23.2 Å². The van der Waals surface area contributed by atoms with Crippen molar-refractivity contribution >= 4 is 17.2 Å². The fourth-order valence-corrected chi connectivity index (χ4v) is 4.38. The summed E-state index contributed by atoms with van der Waals surface area (Å²) in [5.74, 6) is 1.00. The highest BCUT2D eigenvalue weighted by Crippen LogP contribution is 2.25. The molecule has 0 amide bonds. The van der Waals surface area contributed by atoms with Crippen molar-refractivity contribution < 1.29 is 5.11 Å². The molecular formula is C18H26N6OS. The fraction of sp³-hybridized carbons (Fsp3) is 0.611. The van der Waals surface area contributed by atoms with E-state index in [1.165, 1.54) is 5.56 Å². The molecule has 1 N–H and O–H groups in total. The molecule has 1 atom stereocenters. The van der Waals surface area contributed by atoms with Gasteiger partial charge in [0.15, 0.2) is 5.82 Å². The number of piperazine rings is 1. The van der Waals surface area contributed by atoms with E-state index in [0.717, 1.165) is 73.6 Å². The lowest BCUT2D eigenvalue weighted by Crippen LogP contribution is -2.45. The fourth-order valence-electron chi connectivity index (χ4n) is 3.48. The Labute approximate surface area is 158 Å². The summed E-state index contributed by atoms with van der Waals surface area (Å²) < 4.78 is 0. The molecule has 4 heterocycles. The average molecular weight is 375 g/mol. The highest BCUT2D eigenvalue weighted by atomic mass is 32.1. The normalized spacial score (nSPS) is 20.2. The van der Waals surface area contributed by atoms with Gasteiger partial charge in [-0.25, -0.2) is 4.98 Å². The van der Waals surface area contributed by atoms with Crippen LogP contribution in [0.1, 0.15) is 34.2 Å². The summed E-state index contributed by atoms with van der Waals surface area (Å²) in [7, 11) is 2.16. The molecule has 140 valence electrons. The monoisotopic (exact) mass is 374 g/mol. The molecule has 1 unspecified atom stereocenters. The summed E-state index contributed by atoms with van der Waals surface area (Å²) in [6.07, 6.45) is 2.28. The summed E-state index contributed by atoms with van der Waals surface area (Å²) in [5, 5.41) is 19.7. The van der Waals surface area contributed by atoms with Crippen LogP contribution in [0.2, 0.25) is 0 Å². The molecule has 0 bridgehead atoms. The standard InChI is InChI=1S/C18H26N6OS/c1-13(25)16-10-19-18(26-16)12-23-4-3-15-14(11-23)9-17(21-20-15)24-7-5-22(2)6-8-24/h9-10,13,25H,3-8,11-12H2,1-2H3. The predicted octanol–water partition coefficient (Wildman–Crippen LogP) is 1.30. The molecule has 26 heavy (non-hydrogen) atoms. The summed E-state index contributed by atoms with van der Waals surface area (Å²) in [4.78, 5) is 12.5. The largest absolute Gasteiger partial charge is 0.388 e. The molecule has 0 aliphatic carbocycles. The molecule has 2 aliphatic rings. The van der Waals surface area contributed by atoms with Gasteiger partial charge in [-0.15, -0.1) is 16.4 Å². The smallest absolute Gasteiger partial charge is 0.151 e. The van der Waals surface area contributed by atoms with E-state index in [0.29, 0.717) is 0 Å². The maximum absolute atomic E-state index is 9.68. The van der Waals surface area contributed by atoms with Crippen LogP contribution in [-0.2, 0) is 19.5 Å². The second-order valence-electron chi connectivity index (χ2n) is 7.26. The number of nitrogens with zero attached hydrogens (tertiary/aromatic N) is 6. The Morgan fingerprint density at radius 3 is 2.73 bits per heavy atom. The molecule has 0 aromatic carbocycles. The summed E-state index contributed by atoms with van der Waals surface area (Å²) >= 11 is 1.60. The number of thiazole rings is 1. The second kappa shape index (κ2) is 7.56. The maximum Gasteiger partial charge on any atom is 0.151 e. The molecule has 4 rings (SSSR count). The van der Waals surface area contributed by atoms with E-state index in [9.17, 15) is 5.11 Å². The van der Waals surface area contributed by atoms with Crippen molar-refractivity contribution in [2.75, 3.05) is 44.7 Å². The Hall–Kier alpha value is -1.61. The topological polar surface area (TPSA) is 68.6 Å². The number of aliphatic hydroxyl groups excluding tert-OH is 1. The number of anilines is 1. The van der Waals surface area contributed by atoms with Gasteiger partial charge in [0, 0.05) is 51.9 Å². The minimum Gasteiger partial charge on any atom is -0.388 e. The van der Waals surface area contributed by atoms with Crippen LogP contribution in [0.25, 0.3) is 0 Å². The van der Waals surface area contributed by atoms with Crippen molar-refractivity contribution in [1.82, 2.24) is 25.0 Å². The van der Waals surface area contributed by atoms with Gasteiger partial charge >= 0.3 is 0 Å². The second-order valence-corrected chi connectivity index (χ2v) is 8.40. The van der Waals surface area contributed by atoms with Gasteiger partial charge in [0.2, 0.25) is 0 Å². The summed E-state index contributed by atoms with van der Waals surface area (Å²) in [6, 6.07) is 2.23. The lowest BCUT2D eigenvalue weighted by Gasteiger charge is -2.34. The third-order valence-electron chi connectivity index (χ3n) is 5.18. The van der Waals surface area contributed by atoms with Gasteiger partial charge < -0.3 is 14.9 Å². The lowest BCUT2D eigenvalue weighted by molar-refractivity contribution is 0.203. The quantitative estimate of drug-likeness (QED) is 0.865. The Kier molecular flexibility index (Phi) is 5.17. The van der Waals surface area contributed by atoms with Crippen LogP contribution in [0.3, 0.4) is 0 Å². The zero-order valence-corrected chi connectivity index (χ0v) is 16.2. The van der Waals surface area contributed by atoms with Crippen molar-refractivity contribution in [2.45, 2.75) is 32.5 Å². The minimum absolute atomic E-state index is 0.440. The van der Waals surface area contributed by atoms with E-state index in [2.05, 4.69) is 43.0 Å². The number of hydrogen-bond acceptors (Lipinski definition) is 8. The molecule has 1 fully saturated rings. The number of fused-ring (bicyclic) bond motifs is 1. The van der Waals surface area contributed by atoms with Gasteiger partial charge in [-0.3, -0.25) is 4.90 Å². The van der Waals surface area contributed by atoms with E-state index in [1.54, 1.807) is 24.5 Å². The van der Waals surface area contributed by atoms with Gasteiger partial charge in [-0.2, -0.15) is 5.10 Å². The summed E-state index contributed by atoms with van der Waals surface area (Å²) in [6.45, 7) is 8.62. The van der Waals surface area contributed by atoms with Crippen LogP contribution in [0, 0.1) is 0 Å². The Balaban J connectivity index is 1.44. The van der Waals surface area contributed by atoms with Crippen LogP contribution in [0.15, 0.2) is 12.3 Å². The predicted molar refractivity (Wildman–Crippen MR) is 102 cm³/mol. The molecular weight excluding hydrogens is 348 g/mol. The zero-order valence-electron chi connectivity index (χ0n) is 15.4. The molecule has 0 spiro atoms. The Morgan fingerprint density at radius 1 is 1.19 bits per heavy atom. The van der Waals surface area contributed by atoms with Crippen molar-refractivity contribution in [3.8, 4) is 0 Å². The Bertz CT molecular complexity index is 756. The highest BCUT2D eigenvalue weighted by molar-refractivity contribution is 7.11. The third kappa shape index (κ3) is 3.88. The molecule has 8 heteroatoms. The number of likely N-dealkylation sites (N-methyl/N-ethyl adjacent to an activating group) is 1. The SMILES string of the molecule is CC(O)c1cnc(CN2CCc3nnc(N4CCN(C)CC4)cc3C2)s1. The number of aliphatic hydroxyl groups is 1. The summed E-state index contributed by atoms with van der Waals surface area (Å²) in [5.41, 5.74) is 2.41. The molecule has 7 nitrogen and oxygen atoms in total. The van der Waals surface area contributed by atoms with E-state index in [-0.39, 0.29) is 0 Å². The third-order valence-corrected chi connectivity index (χ3v) is 6.33. The van der Waals surface area contributed by atoms with Crippen molar-refractivity contribution in [1.29, 1.82) is 0 Å². The van der Waals surface area contributed by atoms with Gasteiger partial charge in [0.25, 0.3) is 0 Å². The molecule has 2 aliphatic heterocycles. The van der Waals surface area contributed by atoms with Crippen molar-refractivity contribution in [2.24, 2.45) is 0 Å². The van der Waals surface area contributed by atoms with Gasteiger partial charge in [-0.05, 0) is 25.6 Å². The molecule has 1 saturated heterocycles. The zero-order chi connectivity index (χ0) is 18.1. The van der Waals surface area contributed by atoms with Gasteiger partial charge in [0.1, 0.15) is 5.01 Å². The van der Waals surface area contributed by atoms with E-state index >= 15 is 0 Å². The average Bonchev–Trinajstić information content (AvgIpc) is 3.10. The van der Waals surface area contributed by atoms with Crippen LogP contribution < -0.4 is 4.90 Å². The molecule has 2 aromatic heterocycles. The number of hydrogen-bond donors (Lipinski definition) is 1. The van der Waals surface area contributed by atoms with Crippen LogP contribution >= 0.6 is 11.3 Å². The van der Waals surface area contributed by atoms with Crippen LogP contribution in [-0.4, -0.2) is 69.9 Å². The minimum atomic E-state index is -0.440. The molecule has 0 radical (unpaired) electrons. The maximum atomic E-state index is 9.68. The van der Waals surface area contributed by atoms with E-state index in [1.807, 2.05) is 0 Å². The first kappa shape index (κ1) is 17.8. The molecule has 2 aromatic rings. The lowest BCUT2D eigenvalue weighted by atomic mass is 10.1. The van der Waals surface area contributed by atoms with Gasteiger partial charge in [-0.1, -0.05) is 0 Å². The van der Waals surface area contributed by atoms with Crippen LogP contribution in [0.5, 0.6) is 0 Å². The Morgan fingerprint density at radius 2 is 2.00 bits per heavy atom. The first-order chi connectivity index (χ1) is 12.6. The van der Waals surface area contributed by atoms with Crippen molar-refractivity contribution in [3.63, 3.8) is 0 Å². The van der Waals surface area contributed by atoms with Crippen LogP contribution in [0.4, 0.5) is 5.82 Å². The van der Waals surface area contributed by atoms with E-state index in [4.69, 9.17) is 0 Å². The number of aromatic nitrogens is 3. The first-order valence-corrected chi connectivity index (χ1v) is 10.0. The van der Waals surface area contributed by atoms with E-state index < -0.39 is 6.10 Å². The first-order valence-electron chi connectivity index (χ1n) is 9.22.